The maximum absolute atomic E-state index is 12.1. The van der Waals surface area contributed by atoms with Crippen molar-refractivity contribution in [1.29, 1.82) is 0 Å². The summed E-state index contributed by atoms with van der Waals surface area (Å²) in [7, 11) is 4.56. The van der Waals surface area contributed by atoms with Gasteiger partial charge in [-0.1, -0.05) is 0 Å². The van der Waals surface area contributed by atoms with Crippen molar-refractivity contribution in [3.8, 4) is 11.5 Å². The highest BCUT2D eigenvalue weighted by molar-refractivity contribution is 5.93. The number of nitrogens with one attached hydrogen (secondary N) is 2. The highest BCUT2D eigenvalue weighted by Crippen LogP contribution is 2.29. The second kappa shape index (κ2) is 7.40. The molecule has 0 aliphatic rings. The molecule has 5 nitrogen and oxygen atoms in total. The number of hydrogen-bond acceptors (Lipinski definition) is 3. The Hall–Kier alpha value is -2.05. The monoisotopic (exact) mass is 273 g/mol. The van der Waals surface area contributed by atoms with E-state index in [1.54, 1.807) is 18.2 Å². The lowest BCUT2D eigenvalue weighted by molar-refractivity contribution is 0.152. The number of hydrogen-bond donors (Lipinski definition) is 2. The number of aliphatic imine (C=N–C) groups is 1. The van der Waals surface area contributed by atoms with E-state index in [-0.39, 0.29) is 5.96 Å². The van der Waals surface area contributed by atoms with Crippen molar-refractivity contribution in [3.05, 3.63) is 18.2 Å². The van der Waals surface area contributed by atoms with Gasteiger partial charge in [0.2, 0.25) is 0 Å². The number of ether oxygens (including phenoxy) is 2. The van der Waals surface area contributed by atoms with Crippen LogP contribution in [0, 0.1) is 0 Å². The molecule has 0 spiro atoms. The maximum atomic E-state index is 12.1. The molecule has 0 aliphatic heterocycles. The molecule has 0 bridgehead atoms. The highest BCUT2D eigenvalue weighted by Gasteiger charge is 2.07. The smallest absolute Gasteiger partial charge is 0.255 e. The number of nitrogens with zero attached hydrogens (tertiary/aromatic N) is 1. The molecule has 0 atom stereocenters. The summed E-state index contributed by atoms with van der Waals surface area (Å²) in [5, 5.41) is 5.38. The van der Waals surface area contributed by atoms with Gasteiger partial charge in [-0.3, -0.25) is 4.99 Å². The fourth-order valence-electron chi connectivity index (χ4n) is 1.40. The number of alkyl halides is 2. The van der Waals surface area contributed by atoms with Crippen LogP contribution in [0.3, 0.4) is 0 Å². The van der Waals surface area contributed by atoms with Crippen molar-refractivity contribution >= 4 is 11.6 Å². The predicted molar refractivity (Wildman–Crippen MR) is 70.5 cm³/mol. The average Bonchev–Trinajstić information content (AvgIpc) is 2.42. The van der Waals surface area contributed by atoms with E-state index in [1.165, 1.54) is 21.3 Å². The van der Waals surface area contributed by atoms with Crippen LogP contribution in [-0.2, 0) is 0 Å². The fourth-order valence-corrected chi connectivity index (χ4v) is 1.40. The lowest BCUT2D eigenvalue weighted by atomic mass is 10.3. The average molecular weight is 273 g/mol. The summed E-state index contributed by atoms with van der Waals surface area (Å²) in [4.78, 5) is 3.84. The largest absolute Gasteiger partial charge is 0.493 e. The van der Waals surface area contributed by atoms with Gasteiger partial charge in [-0.25, -0.2) is 8.78 Å². The minimum atomic E-state index is -2.44. The second-order valence-electron chi connectivity index (χ2n) is 3.54. The quantitative estimate of drug-likeness (QED) is 0.636. The summed E-state index contributed by atoms with van der Waals surface area (Å²) in [5.41, 5.74) is 0.653. The number of anilines is 1. The molecule has 0 saturated heterocycles. The van der Waals surface area contributed by atoms with Crippen LogP contribution in [0.2, 0.25) is 0 Å². The lowest BCUT2D eigenvalue weighted by Gasteiger charge is -2.13. The zero-order chi connectivity index (χ0) is 14.3. The summed E-state index contributed by atoms with van der Waals surface area (Å²) < 4.78 is 34.5. The van der Waals surface area contributed by atoms with Gasteiger partial charge in [-0.15, -0.1) is 0 Å². The Morgan fingerprint density at radius 2 is 1.95 bits per heavy atom. The molecular formula is C12H17F2N3O2. The van der Waals surface area contributed by atoms with E-state index in [0.29, 0.717) is 17.2 Å². The van der Waals surface area contributed by atoms with Gasteiger partial charge in [0.05, 0.1) is 20.8 Å². The SMILES string of the molecule is CN=C(NCC(F)F)Nc1ccc(OC)c(OC)c1. The number of methoxy groups -OCH3 is 2. The second-order valence-corrected chi connectivity index (χ2v) is 3.54. The van der Waals surface area contributed by atoms with E-state index in [9.17, 15) is 8.78 Å². The summed E-state index contributed by atoms with van der Waals surface area (Å²) >= 11 is 0. The van der Waals surface area contributed by atoms with Gasteiger partial charge in [-0.05, 0) is 12.1 Å². The third-order valence-corrected chi connectivity index (χ3v) is 2.29. The molecular weight excluding hydrogens is 256 g/mol. The number of benzene rings is 1. The van der Waals surface area contributed by atoms with Crippen LogP contribution in [0.15, 0.2) is 23.2 Å². The Balaban J connectivity index is 2.75. The molecule has 1 rings (SSSR count). The van der Waals surface area contributed by atoms with Crippen LogP contribution in [0.4, 0.5) is 14.5 Å². The van der Waals surface area contributed by atoms with Crippen molar-refractivity contribution < 1.29 is 18.3 Å². The van der Waals surface area contributed by atoms with E-state index in [1.807, 2.05) is 0 Å². The Kier molecular flexibility index (Phi) is 5.84. The van der Waals surface area contributed by atoms with E-state index < -0.39 is 13.0 Å². The normalized spacial score (nSPS) is 11.4. The number of rotatable bonds is 5. The van der Waals surface area contributed by atoms with Crippen LogP contribution < -0.4 is 20.1 Å². The van der Waals surface area contributed by atoms with Crippen molar-refractivity contribution in [3.63, 3.8) is 0 Å². The first-order valence-electron chi connectivity index (χ1n) is 5.58. The molecule has 19 heavy (non-hydrogen) atoms. The topological polar surface area (TPSA) is 54.9 Å². The molecule has 1 aromatic rings. The van der Waals surface area contributed by atoms with E-state index >= 15 is 0 Å². The molecule has 0 amide bonds. The summed E-state index contributed by atoms with van der Waals surface area (Å²) in [6, 6.07) is 5.13. The zero-order valence-corrected chi connectivity index (χ0v) is 11.0. The first-order valence-corrected chi connectivity index (χ1v) is 5.58. The molecule has 2 N–H and O–H groups in total. The van der Waals surface area contributed by atoms with E-state index in [2.05, 4.69) is 15.6 Å². The van der Waals surface area contributed by atoms with Gasteiger partial charge in [0.25, 0.3) is 6.43 Å². The molecule has 0 heterocycles. The van der Waals surface area contributed by atoms with Crippen LogP contribution in [0.25, 0.3) is 0 Å². The summed E-state index contributed by atoms with van der Waals surface area (Å²) in [6.45, 7) is -0.465. The van der Waals surface area contributed by atoms with Crippen LogP contribution in [0.1, 0.15) is 0 Å². The fraction of sp³-hybridized carbons (Fsp3) is 0.417. The molecule has 0 aromatic heterocycles. The van der Waals surface area contributed by atoms with Crippen molar-refractivity contribution in [2.24, 2.45) is 4.99 Å². The first-order chi connectivity index (χ1) is 9.10. The minimum Gasteiger partial charge on any atom is -0.493 e. The van der Waals surface area contributed by atoms with E-state index in [0.717, 1.165) is 0 Å². The van der Waals surface area contributed by atoms with Gasteiger partial charge < -0.3 is 20.1 Å². The number of guanidine groups is 1. The maximum Gasteiger partial charge on any atom is 0.255 e. The van der Waals surface area contributed by atoms with E-state index in [4.69, 9.17) is 9.47 Å². The first kappa shape index (κ1) is 15.0. The predicted octanol–water partition coefficient (Wildman–Crippen LogP) is 1.96. The molecule has 0 fully saturated rings. The van der Waals surface area contributed by atoms with Gasteiger partial charge in [0, 0.05) is 18.8 Å². The molecule has 7 heteroatoms. The van der Waals surface area contributed by atoms with Crippen molar-refractivity contribution in [1.82, 2.24) is 5.32 Å². The van der Waals surface area contributed by atoms with Crippen molar-refractivity contribution in [2.45, 2.75) is 6.43 Å². The lowest BCUT2D eigenvalue weighted by Crippen LogP contribution is -2.34. The van der Waals surface area contributed by atoms with Crippen LogP contribution in [0.5, 0.6) is 11.5 Å². The molecule has 1 aromatic carbocycles. The molecule has 106 valence electrons. The summed E-state index contributed by atoms with van der Waals surface area (Å²) in [5.74, 6) is 1.38. The third kappa shape index (κ3) is 4.61. The van der Waals surface area contributed by atoms with Gasteiger partial charge >= 0.3 is 0 Å². The van der Waals surface area contributed by atoms with Crippen LogP contribution >= 0.6 is 0 Å². The molecule has 0 unspecified atom stereocenters. The number of halogens is 2. The third-order valence-electron chi connectivity index (χ3n) is 2.29. The standard InChI is InChI=1S/C12H17F2N3O2/c1-15-12(16-7-11(13)14)17-8-4-5-9(18-2)10(6-8)19-3/h4-6,11H,7H2,1-3H3,(H2,15,16,17). The minimum absolute atomic E-state index is 0.257. The Morgan fingerprint density at radius 3 is 2.47 bits per heavy atom. The molecule has 0 aliphatic carbocycles. The van der Waals surface area contributed by atoms with Gasteiger partial charge in [0.15, 0.2) is 17.5 Å². The highest BCUT2D eigenvalue weighted by atomic mass is 19.3. The Labute approximate surface area is 110 Å². The van der Waals surface area contributed by atoms with Crippen molar-refractivity contribution in [2.75, 3.05) is 33.1 Å². The van der Waals surface area contributed by atoms with Crippen LogP contribution in [-0.4, -0.2) is 40.2 Å². The van der Waals surface area contributed by atoms with Gasteiger partial charge in [0.1, 0.15) is 0 Å². The summed E-state index contributed by atoms with van der Waals surface area (Å²) in [6.07, 6.45) is -2.44. The molecule has 0 radical (unpaired) electrons. The Bertz CT molecular complexity index is 439. The molecule has 0 saturated carbocycles. The zero-order valence-electron chi connectivity index (χ0n) is 11.0. The Morgan fingerprint density at radius 1 is 1.26 bits per heavy atom. The van der Waals surface area contributed by atoms with Gasteiger partial charge in [-0.2, -0.15) is 0 Å².